The third-order valence-electron chi connectivity index (χ3n) is 4.11. The van der Waals surface area contributed by atoms with Crippen molar-refractivity contribution in [1.82, 2.24) is 10.2 Å². The van der Waals surface area contributed by atoms with Gasteiger partial charge in [0.05, 0.1) is 0 Å². The van der Waals surface area contributed by atoms with E-state index in [0.717, 1.165) is 18.1 Å². The highest BCUT2D eigenvalue weighted by Gasteiger charge is 2.29. The predicted molar refractivity (Wildman–Crippen MR) is 69.7 cm³/mol. The summed E-state index contributed by atoms with van der Waals surface area (Å²) < 4.78 is 0. The molecule has 0 aromatic heterocycles. The minimum atomic E-state index is 0.784. The maximum atomic E-state index is 3.80. The quantitative estimate of drug-likeness (QED) is 0.746. The average molecular weight is 224 g/mol. The zero-order valence-electron chi connectivity index (χ0n) is 11.0. The largest absolute Gasteiger partial charge is 0.310 e. The van der Waals surface area contributed by atoms with E-state index in [-0.39, 0.29) is 0 Å². The lowest BCUT2D eigenvalue weighted by Crippen LogP contribution is -2.50. The van der Waals surface area contributed by atoms with Gasteiger partial charge >= 0.3 is 0 Å². The van der Waals surface area contributed by atoms with E-state index in [1.54, 1.807) is 0 Å². The summed E-state index contributed by atoms with van der Waals surface area (Å²) in [7, 11) is 0. The van der Waals surface area contributed by atoms with E-state index in [9.17, 15) is 0 Å². The molecule has 0 aromatic rings. The summed E-state index contributed by atoms with van der Waals surface area (Å²) >= 11 is 0. The van der Waals surface area contributed by atoms with Crippen LogP contribution in [0, 0.1) is 0 Å². The van der Waals surface area contributed by atoms with Crippen molar-refractivity contribution < 1.29 is 0 Å². The zero-order chi connectivity index (χ0) is 11.4. The second-order valence-electron chi connectivity index (χ2n) is 5.63. The Morgan fingerprint density at radius 1 is 1.19 bits per heavy atom. The van der Waals surface area contributed by atoms with Crippen LogP contribution in [0.15, 0.2) is 0 Å². The van der Waals surface area contributed by atoms with Gasteiger partial charge in [0.15, 0.2) is 0 Å². The molecule has 2 unspecified atom stereocenters. The Hall–Kier alpha value is -0.0800. The smallest absolute Gasteiger partial charge is 0.0198 e. The third-order valence-corrected chi connectivity index (χ3v) is 4.11. The first kappa shape index (κ1) is 12.4. The van der Waals surface area contributed by atoms with E-state index in [4.69, 9.17) is 0 Å². The summed E-state index contributed by atoms with van der Waals surface area (Å²) in [6.45, 7) is 7.29. The number of piperidine rings is 1. The molecule has 0 aromatic carbocycles. The minimum Gasteiger partial charge on any atom is -0.310 e. The molecule has 0 radical (unpaired) electrons. The molecule has 1 saturated heterocycles. The number of hydrogen-bond acceptors (Lipinski definition) is 2. The summed E-state index contributed by atoms with van der Waals surface area (Å²) in [6.07, 6.45) is 9.66. The molecule has 2 nitrogen and oxygen atoms in total. The summed E-state index contributed by atoms with van der Waals surface area (Å²) in [5.74, 6) is 0. The van der Waals surface area contributed by atoms with E-state index in [1.807, 2.05) is 0 Å². The molecule has 2 fully saturated rings. The first-order valence-electron chi connectivity index (χ1n) is 7.33. The van der Waals surface area contributed by atoms with Gasteiger partial charge in [0, 0.05) is 24.7 Å². The van der Waals surface area contributed by atoms with Gasteiger partial charge in [-0.15, -0.1) is 0 Å². The highest BCUT2D eigenvalue weighted by atomic mass is 15.2. The molecule has 16 heavy (non-hydrogen) atoms. The average Bonchev–Trinajstić information content (AvgIpc) is 3.10. The van der Waals surface area contributed by atoms with Crippen LogP contribution in [0.1, 0.15) is 58.8 Å². The molecule has 1 heterocycles. The fourth-order valence-electron chi connectivity index (χ4n) is 3.04. The van der Waals surface area contributed by atoms with Crippen molar-refractivity contribution in [3.8, 4) is 0 Å². The van der Waals surface area contributed by atoms with Crippen molar-refractivity contribution in [3.05, 3.63) is 0 Å². The standard InChI is InChI=1S/C14H28N2/c1-3-6-14(4-2)16-10-5-7-13(11-16)15-12-8-9-12/h12-15H,3-11H2,1-2H3. The van der Waals surface area contributed by atoms with E-state index >= 15 is 0 Å². The van der Waals surface area contributed by atoms with E-state index in [2.05, 4.69) is 24.1 Å². The maximum Gasteiger partial charge on any atom is 0.0198 e. The Bertz CT molecular complexity index is 201. The van der Waals surface area contributed by atoms with Crippen LogP contribution >= 0.6 is 0 Å². The number of nitrogens with one attached hydrogen (secondary N) is 1. The van der Waals surface area contributed by atoms with Gasteiger partial charge in [0.2, 0.25) is 0 Å². The van der Waals surface area contributed by atoms with Crippen LogP contribution in [0.2, 0.25) is 0 Å². The van der Waals surface area contributed by atoms with Crippen molar-refractivity contribution in [1.29, 1.82) is 0 Å². The number of likely N-dealkylation sites (tertiary alicyclic amines) is 1. The minimum absolute atomic E-state index is 0.784. The van der Waals surface area contributed by atoms with Gasteiger partial charge in [0.1, 0.15) is 0 Å². The molecule has 0 amide bonds. The van der Waals surface area contributed by atoms with Crippen molar-refractivity contribution >= 4 is 0 Å². The fourth-order valence-corrected chi connectivity index (χ4v) is 3.04. The summed E-state index contributed by atoms with van der Waals surface area (Å²) in [6, 6.07) is 2.50. The normalized spacial score (nSPS) is 29.2. The monoisotopic (exact) mass is 224 g/mol. The molecular formula is C14H28N2. The Morgan fingerprint density at radius 3 is 2.62 bits per heavy atom. The zero-order valence-corrected chi connectivity index (χ0v) is 11.0. The maximum absolute atomic E-state index is 3.80. The third kappa shape index (κ3) is 3.46. The Morgan fingerprint density at radius 2 is 2.00 bits per heavy atom. The van der Waals surface area contributed by atoms with E-state index in [1.165, 1.54) is 58.0 Å². The Balaban J connectivity index is 1.79. The van der Waals surface area contributed by atoms with Crippen LogP contribution in [-0.2, 0) is 0 Å². The SMILES string of the molecule is CCCC(CC)N1CCCC(NC2CC2)C1. The van der Waals surface area contributed by atoms with Crippen molar-refractivity contribution in [2.45, 2.75) is 76.9 Å². The number of nitrogens with zero attached hydrogens (tertiary/aromatic N) is 1. The van der Waals surface area contributed by atoms with Gasteiger partial charge in [-0.05, 0) is 45.1 Å². The molecule has 1 N–H and O–H groups in total. The predicted octanol–water partition coefficient (Wildman–Crippen LogP) is 2.78. The van der Waals surface area contributed by atoms with E-state index in [0.29, 0.717) is 0 Å². The highest BCUT2D eigenvalue weighted by molar-refractivity contribution is 4.89. The molecule has 0 bridgehead atoms. The topological polar surface area (TPSA) is 15.3 Å². The van der Waals surface area contributed by atoms with Crippen LogP contribution < -0.4 is 5.32 Å². The van der Waals surface area contributed by atoms with Crippen LogP contribution in [-0.4, -0.2) is 36.1 Å². The van der Waals surface area contributed by atoms with Crippen LogP contribution in [0.25, 0.3) is 0 Å². The summed E-state index contributed by atoms with van der Waals surface area (Å²) in [4.78, 5) is 2.74. The highest BCUT2D eigenvalue weighted by Crippen LogP contribution is 2.23. The van der Waals surface area contributed by atoms with Crippen molar-refractivity contribution in [3.63, 3.8) is 0 Å². The van der Waals surface area contributed by atoms with Crippen molar-refractivity contribution in [2.24, 2.45) is 0 Å². The Kier molecular flexibility index (Phi) is 4.66. The van der Waals surface area contributed by atoms with Gasteiger partial charge < -0.3 is 5.32 Å². The molecule has 2 rings (SSSR count). The Labute approximate surface area is 101 Å². The molecule has 2 aliphatic rings. The van der Waals surface area contributed by atoms with Gasteiger partial charge in [-0.25, -0.2) is 0 Å². The van der Waals surface area contributed by atoms with Crippen LogP contribution in [0.3, 0.4) is 0 Å². The second-order valence-corrected chi connectivity index (χ2v) is 5.63. The molecule has 0 spiro atoms. The fraction of sp³-hybridized carbons (Fsp3) is 1.00. The van der Waals surface area contributed by atoms with Crippen LogP contribution in [0.4, 0.5) is 0 Å². The lowest BCUT2D eigenvalue weighted by molar-refractivity contribution is 0.126. The summed E-state index contributed by atoms with van der Waals surface area (Å²) in [5, 5.41) is 3.80. The molecular weight excluding hydrogens is 196 g/mol. The van der Waals surface area contributed by atoms with Crippen LogP contribution in [0.5, 0.6) is 0 Å². The molecule has 2 heteroatoms. The number of hydrogen-bond donors (Lipinski definition) is 1. The first-order chi connectivity index (χ1) is 7.83. The molecule has 1 aliphatic carbocycles. The van der Waals surface area contributed by atoms with Gasteiger partial charge in [-0.2, -0.15) is 0 Å². The van der Waals surface area contributed by atoms with Gasteiger partial charge in [-0.1, -0.05) is 20.3 Å². The molecule has 94 valence electrons. The second kappa shape index (κ2) is 6.02. The lowest BCUT2D eigenvalue weighted by Gasteiger charge is -2.38. The van der Waals surface area contributed by atoms with Crippen molar-refractivity contribution in [2.75, 3.05) is 13.1 Å². The molecule has 1 saturated carbocycles. The summed E-state index contributed by atoms with van der Waals surface area (Å²) in [5.41, 5.74) is 0. The molecule has 2 atom stereocenters. The van der Waals surface area contributed by atoms with Gasteiger partial charge in [-0.3, -0.25) is 4.90 Å². The molecule has 1 aliphatic heterocycles. The van der Waals surface area contributed by atoms with Gasteiger partial charge in [0.25, 0.3) is 0 Å². The number of rotatable bonds is 6. The lowest BCUT2D eigenvalue weighted by atomic mass is 10.00. The van der Waals surface area contributed by atoms with E-state index < -0.39 is 0 Å². The first-order valence-corrected chi connectivity index (χ1v) is 7.33.